The molecule has 0 saturated carbocycles. The van der Waals surface area contributed by atoms with Crippen molar-refractivity contribution in [3.05, 3.63) is 29.3 Å². The highest BCUT2D eigenvalue weighted by atomic mass is 16.5. The van der Waals surface area contributed by atoms with Crippen LogP contribution in [-0.4, -0.2) is 18.6 Å². The molecule has 0 radical (unpaired) electrons. The summed E-state index contributed by atoms with van der Waals surface area (Å²) in [6.07, 6.45) is 0. The fourth-order valence-electron chi connectivity index (χ4n) is 1.41. The molecule has 88 valence electrons. The molecular formula is C13H19NO2. The summed E-state index contributed by atoms with van der Waals surface area (Å²) in [6, 6.07) is 5.72. The molecule has 1 atom stereocenters. The molecule has 0 amide bonds. The maximum Gasteiger partial charge on any atom is 0.328 e. The summed E-state index contributed by atoms with van der Waals surface area (Å²) in [5, 5.41) is 3.12. The van der Waals surface area contributed by atoms with Crippen LogP contribution < -0.4 is 5.32 Å². The molecule has 0 aliphatic heterocycles. The van der Waals surface area contributed by atoms with Crippen LogP contribution in [0.5, 0.6) is 0 Å². The van der Waals surface area contributed by atoms with Crippen LogP contribution in [0, 0.1) is 13.8 Å². The SMILES string of the molecule is CCOC(=O)C(C)Nc1ccc(C)c(C)c1. The molecule has 0 bridgehead atoms. The van der Waals surface area contributed by atoms with E-state index in [9.17, 15) is 4.79 Å². The van der Waals surface area contributed by atoms with Crippen LogP contribution >= 0.6 is 0 Å². The number of hydrogen-bond acceptors (Lipinski definition) is 3. The topological polar surface area (TPSA) is 38.3 Å². The Morgan fingerprint density at radius 2 is 2.06 bits per heavy atom. The maximum atomic E-state index is 11.4. The number of hydrogen-bond donors (Lipinski definition) is 1. The number of anilines is 1. The van der Waals surface area contributed by atoms with E-state index in [2.05, 4.69) is 19.2 Å². The number of benzene rings is 1. The highest BCUT2D eigenvalue weighted by Crippen LogP contribution is 2.15. The minimum atomic E-state index is -0.318. The lowest BCUT2D eigenvalue weighted by atomic mass is 10.1. The third-order valence-electron chi connectivity index (χ3n) is 2.53. The summed E-state index contributed by atoms with van der Waals surface area (Å²) in [5.74, 6) is -0.222. The molecule has 1 aromatic carbocycles. The van der Waals surface area contributed by atoms with E-state index in [4.69, 9.17) is 4.74 Å². The van der Waals surface area contributed by atoms with Gasteiger partial charge in [0.05, 0.1) is 6.61 Å². The molecule has 1 N–H and O–H groups in total. The van der Waals surface area contributed by atoms with Crippen molar-refractivity contribution in [3.63, 3.8) is 0 Å². The van der Waals surface area contributed by atoms with Crippen LogP contribution in [0.1, 0.15) is 25.0 Å². The second-order valence-electron chi connectivity index (χ2n) is 3.92. The molecule has 1 unspecified atom stereocenters. The van der Waals surface area contributed by atoms with Gasteiger partial charge in [-0.2, -0.15) is 0 Å². The van der Waals surface area contributed by atoms with E-state index >= 15 is 0 Å². The van der Waals surface area contributed by atoms with Crippen LogP contribution in [0.4, 0.5) is 5.69 Å². The lowest BCUT2D eigenvalue weighted by Gasteiger charge is -2.14. The van der Waals surface area contributed by atoms with Crippen LogP contribution in [0.25, 0.3) is 0 Å². The minimum Gasteiger partial charge on any atom is -0.464 e. The van der Waals surface area contributed by atoms with Gasteiger partial charge in [0.1, 0.15) is 6.04 Å². The van der Waals surface area contributed by atoms with Gasteiger partial charge in [0.25, 0.3) is 0 Å². The molecule has 0 aliphatic carbocycles. The third-order valence-corrected chi connectivity index (χ3v) is 2.53. The summed E-state index contributed by atoms with van der Waals surface area (Å²) < 4.78 is 4.93. The van der Waals surface area contributed by atoms with Crippen LogP contribution in [-0.2, 0) is 9.53 Å². The zero-order valence-corrected chi connectivity index (χ0v) is 10.3. The predicted octanol–water partition coefficient (Wildman–Crippen LogP) is 2.67. The standard InChI is InChI=1S/C13H19NO2/c1-5-16-13(15)11(4)14-12-7-6-9(2)10(3)8-12/h6-8,11,14H,5H2,1-4H3. The Kier molecular flexibility index (Phi) is 4.35. The molecule has 3 nitrogen and oxygen atoms in total. The van der Waals surface area contributed by atoms with Crippen LogP contribution in [0.2, 0.25) is 0 Å². The number of ether oxygens (including phenoxy) is 1. The van der Waals surface area contributed by atoms with E-state index in [0.29, 0.717) is 6.61 Å². The zero-order chi connectivity index (χ0) is 12.1. The number of carbonyl (C=O) groups is 1. The molecule has 0 fully saturated rings. The first-order chi connectivity index (χ1) is 7.54. The number of esters is 1. The molecule has 1 rings (SSSR count). The van der Waals surface area contributed by atoms with E-state index in [1.165, 1.54) is 11.1 Å². The quantitative estimate of drug-likeness (QED) is 0.794. The van der Waals surface area contributed by atoms with Crippen molar-refractivity contribution in [1.82, 2.24) is 0 Å². The molecular weight excluding hydrogens is 202 g/mol. The van der Waals surface area contributed by atoms with Crippen molar-refractivity contribution >= 4 is 11.7 Å². The van der Waals surface area contributed by atoms with Crippen LogP contribution in [0.15, 0.2) is 18.2 Å². The largest absolute Gasteiger partial charge is 0.464 e. The molecule has 0 saturated heterocycles. The molecule has 0 heterocycles. The van der Waals surface area contributed by atoms with Gasteiger partial charge in [-0.3, -0.25) is 0 Å². The summed E-state index contributed by atoms with van der Waals surface area (Å²) >= 11 is 0. The van der Waals surface area contributed by atoms with E-state index in [1.807, 2.05) is 18.2 Å². The summed E-state index contributed by atoms with van der Waals surface area (Å²) in [5.41, 5.74) is 3.40. The number of rotatable bonds is 4. The van der Waals surface area contributed by atoms with Crippen molar-refractivity contribution in [2.24, 2.45) is 0 Å². The monoisotopic (exact) mass is 221 g/mol. The first kappa shape index (κ1) is 12.6. The fraction of sp³-hybridized carbons (Fsp3) is 0.462. The molecule has 3 heteroatoms. The van der Waals surface area contributed by atoms with Gasteiger partial charge in [-0.15, -0.1) is 0 Å². The lowest BCUT2D eigenvalue weighted by Crippen LogP contribution is -2.28. The van der Waals surface area contributed by atoms with Gasteiger partial charge in [-0.1, -0.05) is 6.07 Å². The van der Waals surface area contributed by atoms with Crippen LogP contribution in [0.3, 0.4) is 0 Å². The summed E-state index contributed by atoms with van der Waals surface area (Å²) in [7, 11) is 0. The van der Waals surface area contributed by atoms with Crippen molar-refractivity contribution in [2.45, 2.75) is 33.7 Å². The second-order valence-corrected chi connectivity index (χ2v) is 3.92. The van der Waals surface area contributed by atoms with Gasteiger partial charge in [-0.25, -0.2) is 4.79 Å². The van der Waals surface area contributed by atoms with E-state index in [-0.39, 0.29) is 12.0 Å². The molecule has 16 heavy (non-hydrogen) atoms. The Labute approximate surface area is 96.8 Å². The van der Waals surface area contributed by atoms with Crippen molar-refractivity contribution in [2.75, 3.05) is 11.9 Å². The lowest BCUT2D eigenvalue weighted by molar-refractivity contribution is -0.143. The summed E-state index contributed by atoms with van der Waals surface area (Å²) in [4.78, 5) is 11.4. The Morgan fingerprint density at radius 1 is 1.38 bits per heavy atom. The summed E-state index contributed by atoms with van der Waals surface area (Å²) in [6.45, 7) is 8.13. The Morgan fingerprint density at radius 3 is 2.62 bits per heavy atom. The number of carbonyl (C=O) groups excluding carboxylic acids is 1. The Hall–Kier alpha value is -1.51. The van der Waals surface area contributed by atoms with Gasteiger partial charge in [0.15, 0.2) is 0 Å². The third kappa shape index (κ3) is 3.26. The van der Waals surface area contributed by atoms with Gasteiger partial charge < -0.3 is 10.1 Å². The van der Waals surface area contributed by atoms with Gasteiger partial charge in [-0.05, 0) is 51.0 Å². The smallest absolute Gasteiger partial charge is 0.328 e. The van der Waals surface area contributed by atoms with E-state index in [1.54, 1.807) is 13.8 Å². The number of nitrogens with one attached hydrogen (secondary N) is 1. The number of aryl methyl sites for hydroxylation is 2. The molecule has 1 aromatic rings. The molecule has 0 aromatic heterocycles. The van der Waals surface area contributed by atoms with Gasteiger partial charge >= 0.3 is 5.97 Å². The highest BCUT2D eigenvalue weighted by Gasteiger charge is 2.13. The maximum absolute atomic E-state index is 11.4. The molecule has 0 aliphatic rings. The normalized spacial score (nSPS) is 12.0. The first-order valence-electron chi connectivity index (χ1n) is 5.55. The van der Waals surface area contributed by atoms with E-state index in [0.717, 1.165) is 5.69 Å². The first-order valence-corrected chi connectivity index (χ1v) is 5.55. The Balaban J connectivity index is 2.66. The fourth-order valence-corrected chi connectivity index (χ4v) is 1.41. The van der Waals surface area contributed by atoms with E-state index < -0.39 is 0 Å². The van der Waals surface area contributed by atoms with Gasteiger partial charge in [0.2, 0.25) is 0 Å². The Bertz CT molecular complexity index is 374. The predicted molar refractivity (Wildman–Crippen MR) is 65.6 cm³/mol. The van der Waals surface area contributed by atoms with Crippen molar-refractivity contribution in [3.8, 4) is 0 Å². The minimum absolute atomic E-state index is 0.222. The van der Waals surface area contributed by atoms with Gasteiger partial charge in [0, 0.05) is 5.69 Å². The van der Waals surface area contributed by atoms with Crippen molar-refractivity contribution < 1.29 is 9.53 Å². The zero-order valence-electron chi connectivity index (χ0n) is 10.3. The average molecular weight is 221 g/mol. The average Bonchev–Trinajstić information content (AvgIpc) is 2.24. The second kappa shape index (κ2) is 5.54. The van der Waals surface area contributed by atoms with Crippen molar-refractivity contribution in [1.29, 1.82) is 0 Å². The molecule has 0 spiro atoms. The highest BCUT2D eigenvalue weighted by molar-refractivity contribution is 5.78.